The van der Waals surface area contributed by atoms with E-state index in [1.165, 1.54) is 28.8 Å². The minimum atomic E-state index is -0.537. The van der Waals surface area contributed by atoms with Gasteiger partial charge >= 0.3 is 5.97 Å². The quantitative estimate of drug-likeness (QED) is 0.249. The van der Waals surface area contributed by atoms with Crippen molar-refractivity contribution in [2.75, 3.05) is 0 Å². The number of ether oxygens (including phenoxy) is 1. The van der Waals surface area contributed by atoms with Crippen molar-refractivity contribution < 1.29 is 19.2 Å². The van der Waals surface area contributed by atoms with Crippen LogP contribution in [0, 0.1) is 10.1 Å². The summed E-state index contributed by atoms with van der Waals surface area (Å²) in [5, 5.41) is 10.5. The van der Waals surface area contributed by atoms with Crippen LogP contribution in [0.1, 0.15) is 32.3 Å². The predicted molar refractivity (Wildman–Crippen MR) is 96.8 cm³/mol. The Morgan fingerprint density at radius 3 is 2.65 bits per heavy atom. The van der Waals surface area contributed by atoms with Crippen LogP contribution in [0.4, 0.5) is 5.69 Å². The molecule has 0 spiro atoms. The Hall–Kier alpha value is -2.61. The number of amides is 1. The number of carbonyl (C=O) groups excluding carboxylic acids is 2. The molecule has 1 amide bonds. The topological polar surface area (TPSA) is 89.8 Å². The zero-order chi connectivity index (χ0) is 18.8. The van der Waals surface area contributed by atoms with Crippen molar-refractivity contribution in [2.24, 2.45) is 0 Å². The van der Waals surface area contributed by atoms with Gasteiger partial charge in [0.05, 0.1) is 4.92 Å². The normalized spacial score (nSPS) is 20.2. The Kier molecular flexibility index (Phi) is 5.13. The minimum absolute atomic E-state index is 0.00638. The number of nitro groups is 1. The summed E-state index contributed by atoms with van der Waals surface area (Å²) < 4.78 is 5.37. The molecule has 8 heteroatoms. The van der Waals surface area contributed by atoms with Crippen molar-refractivity contribution in [3.8, 4) is 0 Å². The van der Waals surface area contributed by atoms with Gasteiger partial charge in [-0.3, -0.25) is 19.8 Å². The van der Waals surface area contributed by atoms with E-state index in [4.69, 9.17) is 4.74 Å². The van der Waals surface area contributed by atoms with Crippen LogP contribution in [0.3, 0.4) is 0 Å². The molecule has 0 unspecified atom stereocenters. The molecule has 0 bridgehead atoms. The zero-order valence-corrected chi connectivity index (χ0v) is 15.2. The van der Waals surface area contributed by atoms with E-state index in [1.54, 1.807) is 18.2 Å². The van der Waals surface area contributed by atoms with Crippen LogP contribution in [0.2, 0.25) is 0 Å². The van der Waals surface area contributed by atoms with E-state index in [0.29, 0.717) is 23.3 Å². The van der Waals surface area contributed by atoms with E-state index < -0.39 is 10.9 Å². The van der Waals surface area contributed by atoms with Crippen LogP contribution >= 0.6 is 11.8 Å². The number of rotatable bonds is 6. The lowest BCUT2D eigenvalue weighted by atomic mass is 10.0. The summed E-state index contributed by atoms with van der Waals surface area (Å²) in [6, 6.07) is 5.82. The Balaban J connectivity index is 1.72. The molecule has 0 aromatic heterocycles. The fraction of sp³-hybridized carbons (Fsp3) is 0.333. The summed E-state index contributed by atoms with van der Waals surface area (Å²) in [6.45, 7) is 3.82. The highest BCUT2D eigenvalue weighted by Gasteiger charge is 2.52. The van der Waals surface area contributed by atoms with Crippen LogP contribution in [-0.2, 0) is 20.9 Å². The van der Waals surface area contributed by atoms with Gasteiger partial charge < -0.3 is 4.74 Å². The van der Waals surface area contributed by atoms with E-state index in [9.17, 15) is 19.7 Å². The van der Waals surface area contributed by atoms with Crippen molar-refractivity contribution in [2.45, 2.75) is 38.7 Å². The number of β-lactam (4-membered cyclic amide) rings is 1. The summed E-state index contributed by atoms with van der Waals surface area (Å²) in [4.78, 5) is 37.4. The third-order valence-corrected chi connectivity index (χ3v) is 5.59. The first-order chi connectivity index (χ1) is 12.5. The molecule has 0 saturated carbocycles. The highest BCUT2D eigenvalue weighted by Crippen LogP contribution is 2.50. The predicted octanol–water partition coefficient (Wildman–Crippen LogP) is 3.51. The van der Waals surface area contributed by atoms with Crippen molar-refractivity contribution in [3.63, 3.8) is 0 Å². The van der Waals surface area contributed by atoms with E-state index >= 15 is 0 Å². The fourth-order valence-electron chi connectivity index (χ4n) is 2.90. The number of esters is 1. The van der Waals surface area contributed by atoms with Gasteiger partial charge in [-0.25, -0.2) is 4.79 Å². The molecule has 2 aliphatic heterocycles. The molecule has 1 saturated heterocycles. The Morgan fingerprint density at radius 2 is 2.08 bits per heavy atom. The lowest BCUT2D eigenvalue weighted by Gasteiger charge is -2.37. The maximum atomic E-state index is 12.6. The van der Waals surface area contributed by atoms with Gasteiger partial charge in [-0.05, 0) is 31.0 Å². The Morgan fingerprint density at radius 1 is 1.38 bits per heavy atom. The molecule has 7 nitrogen and oxygen atoms in total. The number of hydrogen-bond donors (Lipinski definition) is 0. The summed E-state index contributed by atoms with van der Waals surface area (Å²) in [6.07, 6.45) is 3.36. The highest BCUT2D eigenvalue weighted by atomic mass is 32.2. The highest BCUT2D eigenvalue weighted by molar-refractivity contribution is 8.04. The molecule has 1 atom stereocenters. The standard InChI is InChI=1S/C18H18N2O5S/c1-3-5-14-15(19-16(21)13(4-2)17(19)26-14)18(22)25-10-11-6-8-12(9-7-11)20(23)24/h4,6-9,17H,3,5,10H2,1-2H3/t17-/m0/s1. The van der Waals surface area contributed by atoms with Gasteiger partial charge in [0, 0.05) is 22.6 Å². The molecule has 2 aliphatic rings. The second kappa shape index (κ2) is 7.33. The SMILES string of the molecule is CC=C1C(=O)N2C(C(=O)OCc3ccc([N+](=O)[O-])cc3)=C(CCC)S[C@@H]12. The second-order valence-corrected chi connectivity index (χ2v) is 7.09. The average Bonchev–Trinajstić information content (AvgIpc) is 2.95. The molecule has 0 radical (unpaired) electrons. The van der Waals surface area contributed by atoms with Gasteiger partial charge in [-0.1, -0.05) is 31.2 Å². The molecule has 0 N–H and O–H groups in total. The number of fused-ring (bicyclic) bond motifs is 1. The summed E-state index contributed by atoms with van der Waals surface area (Å²) in [5.41, 5.74) is 1.67. The molecule has 1 fully saturated rings. The second-order valence-electron chi connectivity index (χ2n) is 5.91. The number of benzene rings is 1. The van der Waals surface area contributed by atoms with E-state index in [0.717, 1.165) is 11.3 Å². The fourth-order valence-corrected chi connectivity index (χ4v) is 4.45. The average molecular weight is 374 g/mol. The number of nitrogens with zero attached hydrogens (tertiary/aromatic N) is 2. The molecule has 26 heavy (non-hydrogen) atoms. The first-order valence-corrected chi connectivity index (χ1v) is 9.15. The summed E-state index contributed by atoms with van der Waals surface area (Å²) >= 11 is 1.53. The molecule has 0 aliphatic carbocycles. The smallest absolute Gasteiger partial charge is 0.356 e. The lowest BCUT2D eigenvalue weighted by Crippen LogP contribution is -2.51. The third-order valence-electron chi connectivity index (χ3n) is 4.22. The molecule has 136 valence electrons. The van der Waals surface area contributed by atoms with E-state index in [1.807, 2.05) is 13.8 Å². The number of carbonyl (C=O) groups is 2. The van der Waals surface area contributed by atoms with Crippen molar-refractivity contribution in [3.05, 3.63) is 62.2 Å². The van der Waals surface area contributed by atoms with Crippen molar-refractivity contribution >= 4 is 29.3 Å². The van der Waals surface area contributed by atoms with Gasteiger partial charge in [-0.2, -0.15) is 0 Å². The minimum Gasteiger partial charge on any atom is -0.456 e. The zero-order valence-electron chi connectivity index (χ0n) is 14.4. The van der Waals surface area contributed by atoms with Crippen LogP contribution in [0.25, 0.3) is 0 Å². The number of nitro benzene ring substituents is 1. The first kappa shape index (κ1) is 18.2. The maximum Gasteiger partial charge on any atom is 0.356 e. The van der Waals surface area contributed by atoms with Crippen LogP contribution in [0.15, 0.2) is 46.5 Å². The number of hydrogen-bond acceptors (Lipinski definition) is 6. The number of non-ortho nitro benzene ring substituents is 1. The maximum absolute atomic E-state index is 12.6. The van der Waals surface area contributed by atoms with Crippen molar-refractivity contribution in [1.29, 1.82) is 0 Å². The summed E-state index contributed by atoms with van der Waals surface area (Å²) in [7, 11) is 0. The lowest BCUT2D eigenvalue weighted by molar-refractivity contribution is -0.384. The molecular formula is C18H18N2O5S. The largest absolute Gasteiger partial charge is 0.456 e. The van der Waals surface area contributed by atoms with Gasteiger partial charge in [0.15, 0.2) is 0 Å². The molecule has 1 aromatic carbocycles. The summed E-state index contributed by atoms with van der Waals surface area (Å²) in [5.74, 6) is -0.691. The third kappa shape index (κ3) is 3.12. The van der Waals surface area contributed by atoms with Gasteiger partial charge in [-0.15, -0.1) is 0 Å². The molecule has 3 rings (SSSR count). The monoisotopic (exact) mass is 374 g/mol. The van der Waals surface area contributed by atoms with E-state index in [2.05, 4.69) is 0 Å². The van der Waals surface area contributed by atoms with Crippen LogP contribution in [0.5, 0.6) is 0 Å². The number of thioether (sulfide) groups is 1. The van der Waals surface area contributed by atoms with Crippen LogP contribution < -0.4 is 0 Å². The van der Waals surface area contributed by atoms with Crippen molar-refractivity contribution in [1.82, 2.24) is 4.90 Å². The van der Waals surface area contributed by atoms with Crippen LogP contribution in [-0.4, -0.2) is 27.1 Å². The first-order valence-electron chi connectivity index (χ1n) is 8.28. The Labute approximate surface area is 154 Å². The van der Waals surface area contributed by atoms with Gasteiger partial charge in [0.1, 0.15) is 17.7 Å². The van der Waals surface area contributed by atoms with Gasteiger partial charge in [0.2, 0.25) is 0 Å². The molecule has 2 heterocycles. The van der Waals surface area contributed by atoms with Gasteiger partial charge in [0.25, 0.3) is 11.6 Å². The molecular weight excluding hydrogens is 356 g/mol. The molecule has 1 aromatic rings. The van der Waals surface area contributed by atoms with E-state index in [-0.39, 0.29) is 23.6 Å². The Bertz CT molecular complexity index is 828. The number of allylic oxidation sites excluding steroid dienone is 2.